The van der Waals surface area contributed by atoms with Gasteiger partial charge in [0.25, 0.3) is 0 Å². The Morgan fingerprint density at radius 2 is 1.56 bits per heavy atom. The van der Waals surface area contributed by atoms with Gasteiger partial charge >= 0.3 is 5.97 Å². The van der Waals surface area contributed by atoms with Gasteiger partial charge in [0.05, 0.1) is 29.3 Å². The van der Waals surface area contributed by atoms with Crippen molar-refractivity contribution in [3.05, 3.63) is 33.3 Å². The molecule has 2 rings (SSSR count). The maximum Gasteiger partial charge on any atom is 0.309 e. The van der Waals surface area contributed by atoms with Crippen molar-refractivity contribution in [2.24, 2.45) is 17.3 Å². The number of carbonyl (C=O) groups excluding carboxylic acids is 2. The number of hydrogen-bond donors (Lipinski definition) is 0. The van der Waals surface area contributed by atoms with Crippen LogP contribution in [0, 0.1) is 24.2 Å². The Morgan fingerprint density at radius 3 is 2.08 bits per heavy atom. The van der Waals surface area contributed by atoms with Gasteiger partial charge < -0.3 is 13.6 Å². The number of allylic oxidation sites excluding steroid dienone is 1. The van der Waals surface area contributed by atoms with E-state index >= 15 is 0 Å². The van der Waals surface area contributed by atoms with Crippen LogP contribution in [0.5, 0.6) is 0 Å². The van der Waals surface area contributed by atoms with Crippen molar-refractivity contribution in [2.75, 3.05) is 0 Å². The fourth-order valence-corrected chi connectivity index (χ4v) is 9.32. The van der Waals surface area contributed by atoms with E-state index in [-0.39, 0.29) is 46.2 Å². The lowest BCUT2D eigenvalue weighted by Crippen LogP contribution is -2.54. The molecule has 274 valence electrons. The zero-order valence-electron chi connectivity index (χ0n) is 33.6. The molecular weight excluding hydrogens is 651 g/mol. The molecule has 9 heteroatoms. The second kappa shape index (κ2) is 16.3. The summed E-state index contributed by atoms with van der Waals surface area (Å²) >= 11 is 1.61. The van der Waals surface area contributed by atoms with Crippen molar-refractivity contribution in [2.45, 2.75) is 177 Å². The highest BCUT2D eigenvalue weighted by molar-refractivity contribution is 7.09. The first-order valence-electron chi connectivity index (χ1n) is 18.0. The first-order chi connectivity index (χ1) is 21.7. The van der Waals surface area contributed by atoms with Gasteiger partial charge in [-0.05, 0) is 93.9 Å². The van der Waals surface area contributed by atoms with Crippen molar-refractivity contribution < 1.29 is 23.2 Å². The summed E-state index contributed by atoms with van der Waals surface area (Å²) in [5.41, 5.74) is 2.15. The van der Waals surface area contributed by atoms with Crippen LogP contribution in [-0.4, -0.2) is 51.7 Å². The molecule has 1 aromatic rings. The Labute approximate surface area is 300 Å². The van der Waals surface area contributed by atoms with E-state index in [9.17, 15) is 9.59 Å². The molecule has 0 fully saturated rings. The van der Waals surface area contributed by atoms with E-state index in [0.29, 0.717) is 6.42 Å². The van der Waals surface area contributed by atoms with Crippen LogP contribution in [0.25, 0.3) is 6.08 Å². The normalized spacial score (nSPS) is 26.6. The van der Waals surface area contributed by atoms with Crippen LogP contribution in [0.2, 0.25) is 36.3 Å². The summed E-state index contributed by atoms with van der Waals surface area (Å²) in [7, 11) is -4.58. The van der Waals surface area contributed by atoms with Crippen molar-refractivity contribution in [1.29, 1.82) is 0 Å². The highest BCUT2D eigenvalue weighted by Crippen LogP contribution is 2.44. The molecule has 0 amide bonds. The average molecular weight is 720 g/mol. The highest BCUT2D eigenvalue weighted by atomic mass is 32.1. The Balaban J connectivity index is 2.66. The second-order valence-corrected chi connectivity index (χ2v) is 28.7. The SMILES string of the molecule is CC1=CC[C@@H](C(C)=Cc2csc(C)n2)OC(=O)C[C@H](O[Si](C)(C)C(C)(C)C)C(C)(C)C(=O)[C@H](C)[C@@H](O[Si](C)(C)C(C)(C)C)[C@@H](C)CCC1. The molecule has 0 saturated heterocycles. The van der Waals surface area contributed by atoms with E-state index in [1.165, 1.54) is 5.57 Å². The molecule has 1 aliphatic heterocycles. The third-order valence-electron chi connectivity index (χ3n) is 11.4. The van der Waals surface area contributed by atoms with Crippen LogP contribution in [0.1, 0.15) is 126 Å². The Kier molecular flexibility index (Phi) is 14.5. The van der Waals surface area contributed by atoms with Gasteiger partial charge in [-0.25, -0.2) is 4.98 Å². The van der Waals surface area contributed by atoms with E-state index in [4.69, 9.17) is 13.6 Å². The van der Waals surface area contributed by atoms with Crippen LogP contribution >= 0.6 is 11.3 Å². The van der Waals surface area contributed by atoms with Crippen LogP contribution in [0.4, 0.5) is 0 Å². The quantitative estimate of drug-likeness (QED) is 0.165. The molecule has 1 aromatic heterocycles. The molecule has 0 unspecified atom stereocenters. The Hall–Kier alpha value is -1.40. The Morgan fingerprint density at radius 1 is 1.00 bits per heavy atom. The van der Waals surface area contributed by atoms with Crippen LogP contribution in [0.15, 0.2) is 22.6 Å². The Bertz CT molecular complexity index is 1310. The number of carbonyl (C=O) groups is 2. The van der Waals surface area contributed by atoms with Gasteiger partial charge in [-0.1, -0.05) is 80.9 Å². The van der Waals surface area contributed by atoms with Crippen LogP contribution < -0.4 is 0 Å². The molecule has 0 bridgehead atoms. The van der Waals surface area contributed by atoms with E-state index in [2.05, 4.69) is 92.6 Å². The van der Waals surface area contributed by atoms with Gasteiger partial charge in [-0.3, -0.25) is 9.59 Å². The minimum Gasteiger partial charge on any atom is -0.457 e. The number of aromatic nitrogens is 1. The largest absolute Gasteiger partial charge is 0.457 e. The summed E-state index contributed by atoms with van der Waals surface area (Å²) in [5.74, 6) is -0.433. The summed E-state index contributed by atoms with van der Waals surface area (Å²) in [6, 6.07) is 0. The molecule has 0 aromatic carbocycles. The highest BCUT2D eigenvalue weighted by Gasteiger charge is 2.50. The number of hydrogen-bond acceptors (Lipinski definition) is 7. The first-order valence-corrected chi connectivity index (χ1v) is 24.7. The number of esters is 1. The summed E-state index contributed by atoms with van der Waals surface area (Å²) in [6.45, 7) is 36.6. The van der Waals surface area contributed by atoms with Gasteiger partial charge in [0, 0.05) is 23.1 Å². The van der Waals surface area contributed by atoms with E-state index < -0.39 is 34.3 Å². The van der Waals surface area contributed by atoms with Gasteiger partial charge in [0.15, 0.2) is 16.6 Å². The number of cyclic esters (lactones) is 1. The lowest BCUT2D eigenvalue weighted by molar-refractivity contribution is -0.153. The van der Waals surface area contributed by atoms with Crippen molar-refractivity contribution in [3.8, 4) is 0 Å². The molecule has 5 atom stereocenters. The van der Waals surface area contributed by atoms with Crippen molar-refractivity contribution in [3.63, 3.8) is 0 Å². The predicted molar refractivity (Wildman–Crippen MR) is 208 cm³/mol. The molecule has 0 radical (unpaired) electrons. The zero-order chi connectivity index (χ0) is 37.0. The average Bonchev–Trinajstić information content (AvgIpc) is 3.34. The zero-order valence-corrected chi connectivity index (χ0v) is 36.4. The van der Waals surface area contributed by atoms with Crippen LogP contribution in [0.3, 0.4) is 0 Å². The molecule has 6 nitrogen and oxygen atoms in total. The predicted octanol–water partition coefficient (Wildman–Crippen LogP) is 11.3. The molecule has 48 heavy (non-hydrogen) atoms. The fourth-order valence-electron chi connectivity index (χ4n) is 5.83. The van der Waals surface area contributed by atoms with E-state index in [0.717, 1.165) is 35.5 Å². The third kappa shape index (κ3) is 11.3. The van der Waals surface area contributed by atoms with Crippen molar-refractivity contribution in [1.82, 2.24) is 4.98 Å². The minimum absolute atomic E-state index is 0.00354. The number of ether oxygens (including phenoxy) is 1. The molecule has 1 aliphatic rings. The first kappa shape index (κ1) is 42.8. The standard InChI is InChI=1S/C39H69NO5SSi2/c1-26-19-18-20-27(2)35(45-48(16,17)38(9,10)11)29(4)36(42)39(12,13)33(44-47(14,15)37(6,7)8)24-34(41)43-32(22-21-26)28(3)23-31-25-46-30(5)40-31/h21,23,25,27,29,32-33,35H,18-20,22,24H2,1-17H3/t27-,29+,32-,33-,35-/m0/s1. The van der Waals surface area contributed by atoms with Crippen molar-refractivity contribution >= 4 is 45.8 Å². The lowest BCUT2D eigenvalue weighted by Gasteiger charge is -2.46. The lowest BCUT2D eigenvalue weighted by atomic mass is 9.73. The summed E-state index contributed by atoms with van der Waals surface area (Å²) in [4.78, 5) is 33.4. The molecule has 2 heterocycles. The number of Topliss-reactive ketones (excluding diaryl/α,β-unsaturated/α-hetero) is 1. The number of thiazole rings is 1. The van der Waals surface area contributed by atoms with Crippen LogP contribution in [-0.2, 0) is 23.2 Å². The maximum atomic E-state index is 14.8. The molecule has 0 aliphatic carbocycles. The third-order valence-corrected chi connectivity index (χ3v) is 21.2. The molecular formula is C39H69NO5SSi2. The van der Waals surface area contributed by atoms with E-state index in [1.54, 1.807) is 11.3 Å². The fraction of sp³-hybridized carbons (Fsp3) is 0.769. The number of ketones is 1. The number of nitrogens with zero attached hydrogens (tertiary/aromatic N) is 1. The molecule has 0 N–H and O–H groups in total. The summed E-state index contributed by atoms with van der Waals surface area (Å²) in [6.07, 6.45) is 6.45. The number of rotatable bonds is 6. The molecule has 0 saturated carbocycles. The van der Waals surface area contributed by atoms with Gasteiger partial charge in [-0.2, -0.15) is 0 Å². The second-order valence-electron chi connectivity index (χ2n) is 18.1. The topological polar surface area (TPSA) is 74.7 Å². The minimum atomic E-state index is -2.39. The smallest absolute Gasteiger partial charge is 0.309 e. The molecule has 0 spiro atoms. The van der Waals surface area contributed by atoms with Gasteiger partial charge in [-0.15, -0.1) is 11.3 Å². The van der Waals surface area contributed by atoms with E-state index in [1.807, 2.05) is 46.1 Å². The monoisotopic (exact) mass is 719 g/mol. The number of aryl methyl sites for hydroxylation is 1. The van der Waals surface area contributed by atoms with Gasteiger partial charge in [0.2, 0.25) is 0 Å². The maximum absolute atomic E-state index is 14.8. The summed E-state index contributed by atoms with van der Waals surface area (Å²) in [5, 5.41) is 2.94. The summed E-state index contributed by atoms with van der Waals surface area (Å²) < 4.78 is 20.5. The van der Waals surface area contributed by atoms with Gasteiger partial charge in [0.1, 0.15) is 11.9 Å².